The SMILES string of the molecule is COCc1cc(C(C)C)c2c(c1O)C(=O)C1C(=O)[C@@]3(O)C(=O)C(C(C)=O)C(=O)C(C(C)C)[C@@]3(C)C[C@@]1(C)C2. The summed E-state index contributed by atoms with van der Waals surface area (Å²) in [5, 5.41) is 23.2. The molecule has 6 atom stereocenters. The Balaban J connectivity index is 2.01. The molecule has 8 heteroatoms. The lowest BCUT2D eigenvalue weighted by atomic mass is 9.39. The van der Waals surface area contributed by atoms with E-state index in [-0.39, 0.29) is 42.6 Å². The molecule has 38 heavy (non-hydrogen) atoms. The van der Waals surface area contributed by atoms with E-state index in [1.54, 1.807) is 27.7 Å². The molecule has 0 bridgehead atoms. The molecule has 4 rings (SSSR count). The third kappa shape index (κ3) is 3.45. The molecule has 206 valence electrons. The van der Waals surface area contributed by atoms with E-state index in [2.05, 4.69) is 0 Å². The average Bonchev–Trinajstić information content (AvgIpc) is 2.77. The average molecular weight is 527 g/mol. The Labute approximate surface area is 223 Å². The number of rotatable bonds is 5. The van der Waals surface area contributed by atoms with Crippen molar-refractivity contribution in [2.75, 3.05) is 7.11 Å². The fraction of sp³-hybridized carbons (Fsp3) is 0.633. The van der Waals surface area contributed by atoms with Crippen molar-refractivity contribution < 1.29 is 38.9 Å². The van der Waals surface area contributed by atoms with Gasteiger partial charge < -0.3 is 14.9 Å². The molecule has 0 saturated heterocycles. The molecule has 1 aromatic rings. The lowest BCUT2D eigenvalue weighted by Crippen LogP contribution is -2.76. The predicted molar refractivity (Wildman–Crippen MR) is 138 cm³/mol. The molecular weight excluding hydrogens is 488 g/mol. The van der Waals surface area contributed by atoms with Gasteiger partial charge in [-0.1, -0.05) is 41.5 Å². The number of methoxy groups -OCH3 is 1. The smallest absolute Gasteiger partial charge is 0.190 e. The summed E-state index contributed by atoms with van der Waals surface area (Å²) in [6.45, 7) is 12.0. The molecule has 0 heterocycles. The fourth-order valence-corrected chi connectivity index (χ4v) is 8.07. The third-order valence-electron chi connectivity index (χ3n) is 9.41. The van der Waals surface area contributed by atoms with Crippen LogP contribution < -0.4 is 0 Å². The van der Waals surface area contributed by atoms with Crippen LogP contribution in [0.25, 0.3) is 0 Å². The normalized spacial score (nSPS) is 34.9. The lowest BCUT2D eigenvalue weighted by molar-refractivity contribution is -0.205. The van der Waals surface area contributed by atoms with Gasteiger partial charge in [-0.15, -0.1) is 0 Å². The first-order chi connectivity index (χ1) is 17.5. The number of aliphatic hydroxyl groups is 1. The van der Waals surface area contributed by atoms with Crippen molar-refractivity contribution in [3.8, 4) is 5.75 Å². The van der Waals surface area contributed by atoms with Gasteiger partial charge in [0.15, 0.2) is 28.7 Å². The highest BCUT2D eigenvalue weighted by molar-refractivity contribution is 6.32. The molecular formula is C30H38O8. The molecule has 1 aromatic carbocycles. The summed E-state index contributed by atoms with van der Waals surface area (Å²) >= 11 is 0. The third-order valence-corrected chi connectivity index (χ3v) is 9.41. The van der Waals surface area contributed by atoms with Crippen LogP contribution in [0.4, 0.5) is 0 Å². The summed E-state index contributed by atoms with van der Waals surface area (Å²) in [5.41, 5.74) is -3.31. The van der Waals surface area contributed by atoms with Gasteiger partial charge >= 0.3 is 0 Å². The molecule has 2 fully saturated rings. The van der Waals surface area contributed by atoms with Gasteiger partial charge in [0.25, 0.3) is 0 Å². The number of carbonyl (C=O) groups is 5. The number of ether oxygens (including phenoxy) is 1. The topological polar surface area (TPSA) is 135 Å². The van der Waals surface area contributed by atoms with Gasteiger partial charge in [0, 0.05) is 24.0 Å². The minimum atomic E-state index is -2.69. The summed E-state index contributed by atoms with van der Waals surface area (Å²) in [7, 11) is 1.47. The monoisotopic (exact) mass is 526 g/mol. The van der Waals surface area contributed by atoms with Crippen molar-refractivity contribution in [3.63, 3.8) is 0 Å². The zero-order valence-electron chi connectivity index (χ0n) is 23.4. The van der Waals surface area contributed by atoms with E-state index in [0.717, 1.165) is 12.5 Å². The maximum Gasteiger partial charge on any atom is 0.190 e. The van der Waals surface area contributed by atoms with Crippen LogP contribution in [0.15, 0.2) is 6.07 Å². The Hall–Kier alpha value is -2.71. The van der Waals surface area contributed by atoms with Crippen LogP contribution >= 0.6 is 0 Å². The largest absolute Gasteiger partial charge is 0.507 e. The highest BCUT2D eigenvalue weighted by Gasteiger charge is 2.76. The molecule has 0 radical (unpaired) electrons. The molecule has 3 aliphatic carbocycles. The van der Waals surface area contributed by atoms with Crippen molar-refractivity contribution in [1.29, 1.82) is 0 Å². The Morgan fingerprint density at radius 3 is 2.21 bits per heavy atom. The predicted octanol–water partition coefficient (Wildman–Crippen LogP) is 3.36. The number of phenolic OH excluding ortho intramolecular Hbond substituents is 1. The van der Waals surface area contributed by atoms with Gasteiger partial charge in [-0.25, -0.2) is 0 Å². The Morgan fingerprint density at radius 2 is 1.71 bits per heavy atom. The second kappa shape index (κ2) is 8.91. The quantitative estimate of drug-likeness (QED) is 0.558. The Kier molecular flexibility index (Phi) is 6.64. The van der Waals surface area contributed by atoms with Crippen LogP contribution in [0.2, 0.25) is 0 Å². The first-order valence-electron chi connectivity index (χ1n) is 13.3. The standard InChI is InChI=1S/C30H38O8/c1-13(2)17-9-16(11-38-8)23(32)20-18(17)10-28(6)12-29(7)21(14(3)4)24(33)19(15(5)31)26(35)30(29,37)27(36)22(28)25(20)34/h9,13-14,19,21-22,32,37H,10-12H2,1-8H3/t19?,21?,22?,28-,29-,30+/m1/s1. The van der Waals surface area contributed by atoms with Crippen LogP contribution in [0, 0.1) is 34.5 Å². The Morgan fingerprint density at radius 1 is 1.11 bits per heavy atom. The highest BCUT2D eigenvalue weighted by atomic mass is 16.5. The number of ketones is 5. The van der Waals surface area contributed by atoms with Gasteiger partial charge in [-0.05, 0) is 54.2 Å². The van der Waals surface area contributed by atoms with E-state index in [9.17, 15) is 34.2 Å². The summed E-state index contributed by atoms with van der Waals surface area (Å²) in [5.74, 6) is -8.85. The molecule has 0 aliphatic heterocycles. The van der Waals surface area contributed by atoms with Crippen LogP contribution in [0.3, 0.4) is 0 Å². The van der Waals surface area contributed by atoms with E-state index in [4.69, 9.17) is 4.74 Å². The van der Waals surface area contributed by atoms with Crippen LogP contribution in [-0.4, -0.2) is 51.8 Å². The summed E-state index contributed by atoms with van der Waals surface area (Å²) < 4.78 is 5.22. The molecule has 0 aromatic heterocycles. The minimum Gasteiger partial charge on any atom is -0.507 e. The van der Waals surface area contributed by atoms with Crippen molar-refractivity contribution in [2.45, 2.75) is 79.4 Å². The number of phenols is 1. The lowest BCUT2D eigenvalue weighted by Gasteiger charge is -2.62. The number of hydrogen-bond donors (Lipinski definition) is 2. The van der Waals surface area contributed by atoms with Crippen molar-refractivity contribution in [1.82, 2.24) is 0 Å². The molecule has 3 unspecified atom stereocenters. The van der Waals surface area contributed by atoms with E-state index >= 15 is 0 Å². The van der Waals surface area contributed by atoms with Gasteiger partial charge in [-0.2, -0.15) is 0 Å². The van der Waals surface area contributed by atoms with Gasteiger partial charge in [0.2, 0.25) is 0 Å². The number of Topliss-reactive ketones (excluding diaryl/α,β-unsaturated/α-hetero) is 5. The maximum atomic E-state index is 14.3. The van der Waals surface area contributed by atoms with Crippen LogP contribution in [0.1, 0.15) is 87.9 Å². The maximum absolute atomic E-state index is 14.3. The molecule has 0 amide bonds. The first-order valence-corrected chi connectivity index (χ1v) is 13.3. The summed E-state index contributed by atoms with van der Waals surface area (Å²) in [6.07, 6.45) is 0.287. The molecule has 2 N–H and O–H groups in total. The molecule has 8 nitrogen and oxygen atoms in total. The van der Waals surface area contributed by atoms with Crippen molar-refractivity contribution >= 4 is 28.9 Å². The number of aromatic hydroxyl groups is 1. The van der Waals surface area contributed by atoms with E-state index in [1.807, 2.05) is 19.9 Å². The molecule has 2 saturated carbocycles. The first kappa shape index (κ1) is 28.3. The zero-order chi connectivity index (χ0) is 28.7. The van der Waals surface area contributed by atoms with Gasteiger partial charge in [0.05, 0.1) is 18.1 Å². The van der Waals surface area contributed by atoms with Gasteiger partial charge in [0.1, 0.15) is 17.5 Å². The van der Waals surface area contributed by atoms with Crippen molar-refractivity contribution in [2.24, 2.45) is 34.5 Å². The van der Waals surface area contributed by atoms with Crippen LogP contribution in [0.5, 0.6) is 5.75 Å². The minimum absolute atomic E-state index is 0.00251. The molecule has 0 spiro atoms. The second-order valence-corrected chi connectivity index (χ2v) is 12.7. The number of benzene rings is 1. The van der Waals surface area contributed by atoms with E-state index < -0.39 is 63.1 Å². The van der Waals surface area contributed by atoms with E-state index in [1.165, 1.54) is 7.11 Å². The molecule has 3 aliphatic rings. The number of hydrogen-bond acceptors (Lipinski definition) is 8. The second-order valence-electron chi connectivity index (χ2n) is 12.7. The number of fused-ring (bicyclic) bond motifs is 3. The number of carbonyl (C=O) groups excluding carboxylic acids is 5. The zero-order valence-corrected chi connectivity index (χ0v) is 23.4. The Bertz CT molecular complexity index is 1280. The van der Waals surface area contributed by atoms with Gasteiger partial charge in [-0.3, -0.25) is 24.0 Å². The summed E-state index contributed by atoms with van der Waals surface area (Å²) in [4.78, 5) is 68.2. The van der Waals surface area contributed by atoms with Crippen LogP contribution in [-0.2, 0) is 36.9 Å². The summed E-state index contributed by atoms with van der Waals surface area (Å²) in [6, 6.07) is 1.82. The van der Waals surface area contributed by atoms with E-state index in [0.29, 0.717) is 11.1 Å². The fourth-order valence-electron chi connectivity index (χ4n) is 8.07. The highest BCUT2D eigenvalue weighted by Crippen LogP contribution is 2.64. The van der Waals surface area contributed by atoms with Crippen molar-refractivity contribution in [3.05, 3.63) is 28.3 Å².